The third-order valence-corrected chi connectivity index (χ3v) is 5.47. The van der Waals surface area contributed by atoms with Crippen LogP contribution in [0.25, 0.3) is 22.2 Å². The van der Waals surface area contributed by atoms with Gasteiger partial charge in [0.2, 0.25) is 0 Å². The fraction of sp³-hybridized carbons (Fsp3) is 0.0952. The lowest BCUT2D eigenvalue weighted by atomic mass is 10.1. The van der Waals surface area contributed by atoms with Gasteiger partial charge in [0.05, 0.1) is 21.8 Å². The van der Waals surface area contributed by atoms with Gasteiger partial charge in [0.1, 0.15) is 0 Å². The Morgan fingerprint density at radius 1 is 1.11 bits per heavy atom. The normalized spacial score (nSPS) is 10.9. The molecule has 0 unspecified atom stereocenters. The number of nitrogens with one attached hydrogen (secondary N) is 1. The third kappa shape index (κ3) is 4.02. The summed E-state index contributed by atoms with van der Waals surface area (Å²) in [6.45, 7) is 0.533. The van der Waals surface area contributed by atoms with E-state index in [9.17, 15) is 4.79 Å². The summed E-state index contributed by atoms with van der Waals surface area (Å²) in [6.07, 6.45) is 2.29. The van der Waals surface area contributed by atoms with Crippen LogP contribution in [0.3, 0.4) is 0 Å². The smallest absolute Gasteiger partial charge is 0.252 e. The molecule has 0 radical (unpaired) electrons. The molecule has 1 amide bonds. The van der Waals surface area contributed by atoms with E-state index in [1.54, 1.807) is 17.5 Å². The van der Waals surface area contributed by atoms with E-state index >= 15 is 0 Å². The molecule has 0 aliphatic heterocycles. The third-order valence-electron chi connectivity index (χ3n) is 4.20. The fourth-order valence-corrected chi connectivity index (χ4v) is 3.90. The number of aromatic nitrogens is 2. The zero-order chi connectivity index (χ0) is 18.6. The molecule has 1 N–H and O–H groups in total. The topological polar surface area (TPSA) is 54.9 Å². The number of rotatable bonds is 5. The molecule has 2 aromatic carbocycles. The number of hydrogen-bond donors (Lipinski definition) is 2. The Hall–Kier alpha value is -2.70. The SMILES string of the molecule is O=C(NCCc1nc(-c2ccccc2)cs1)c1cnc2c(S)cccc2c1. The number of benzene rings is 2. The Bertz CT molecular complexity index is 1090. The Morgan fingerprint density at radius 3 is 2.81 bits per heavy atom. The van der Waals surface area contributed by atoms with Crippen LogP contribution in [0.1, 0.15) is 15.4 Å². The van der Waals surface area contributed by atoms with Crippen LogP contribution in [0.2, 0.25) is 0 Å². The van der Waals surface area contributed by atoms with Crippen LogP contribution < -0.4 is 5.32 Å². The van der Waals surface area contributed by atoms with E-state index < -0.39 is 0 Å². The second-order valence-corrected chi connectivity index (χ2v) is 7.50. The number of carbonyl (C=O) groups is 1. The molecule has 0 fully saturated rings. The lowest BCUT2D eigenvalue weighted by molar-refractivity contribution is 0.0954. The highest BCUT2D eigenvalue weighted by Gasteiger charge is 2.09. The molecule has 134 valence electrons. The van der Waals surface area contributed by atoms with Crippen molar-refractivity contribution in [2.75, 3.05) is 6.54 Å². The van der Waals surface area contributed by atoms with Crippen LogP contribution in [0.4, 0.5) is 0 Å². The summed E-state index contributed by atoms with van der Waals surface area (Å²) in [7, 11) is 0. The minimum Gasteiger partial charge on any atom is -0.352 e. The monoisotopic (exact) mass is 391 g/mol. The molecule has 0 spiro atoms. The molecule has 4 rings (SSSR count). The molecule has 0 aliphatic carbocycles. The van der Waals surface area contributed by atoms with Crippen molar-refractivity contribution in [3.8, 4) is 11.3 Å². The molecular formula is C21H17N3OS2. The highest BCUT2D eigenvalue weighted by atomic mass is 32.1. The van der Waals surface area contributed by atoms with Crippen molar-refractivity contribution >= 4 is 40.8 Å². The van der Waals surface area contributed by atoms with Crippen LogP contribution in [0.15, 0.2) is 71.1 Å². The number of thiazole rings is 1. The van der Waals surface area contributed by atoms with Crippen molar-refractivity contribution in [2.24, 2.45) is 0 Å². The van der Waals surface area contributed by atoms with Crippen molar-refractivity contribution in [1.82, 2.24) is 15.3 Å². The van der Waals surface area contributed by atoms with Crippen LogP contribution in [-0.4, -0.2) is 22.4 Å². The first-order chi connectivity index (χ1) is 13.2. The first-order valence-corrected chi connectivity index (χ1v) is 9.89. The summed E-state index contributed by atoms with van der Waals surface area (Å²) in [6, 6.07) is 17.6. The Morgan fingerprint density at radius 2 is 1.96 bits per heavy atom. The molecular weight excluding hydrogens is 374 g/mol. The maximum atomic E-state index is 12.4. The molecule has 2 heterocycles. The molecule has 4 aromatic rings. The number of amides is 1. The van der Waals surface area contributed by atoms with Crippen molar-refractivity contribution in [3.05, 3.63) is 76.7 Å². The summed E-state index contributed by atoms with van der Waals surface area (Å²) < 4.78 is 0. The zero-order valence-electron chi connectivity index (χ0n) is 14.4. The molecule has 4 nitrogen and oxygen atoms in total. The first kappa shape index (κ1) is 17.7. The Labute approximate surface area is 166 Å². The van der Waals surface area contributed by atoms with Gasteiger partial charge in [-0.2, -0.15) is 0 Å². The van der Waals surface area contributed by atoms with Crippen LogP contribution in [0.5, 0.6) is 0 Å². The summed E-state index contributed by atoms with van der Waals surface area (Å²) in [5, 5.41) is 6.91. The van der Waals surface area contributed by atoms with Crippen LogP contribution in [0, 0.1) is 0 Å². The van der Waals surface area contributed by atoms with Gasteiger partial charge in [-0.3, -0.25) is 9.78 Å². The number of fused-ring (bicyclic) bond motifs is 1. The van der Waals surface area contributed by atoms with Crippen molar-refractivity contribution < 1.29 is 4.79 Å². The fourth-order valence-electron chi connectivity index (χ4n) is 2.82. The largest absolute Gasteiger partial charge is 0.352 e. The number of carbonyl (C=O) groups excluding carboxylic acids is 1. The number of nitrogens with zero attached hydrogens (tertiary/aromatic N) is 2. The molecule has 0 saturated carbocycles. The standard InChI is InChI=1S/C21H17N3OS2/c25-21(16-11-15-7-4-8-18(26)20(15)23-12-16)22-10-9-19-24-17(13-27-19)14-5-2-1-3-6-14/h1-8,11-13,26H,9-10H2,(H,22,25). The molecule has 2 aromatic heterocycles. The van der Waals surface area contributed by atoms with E-state index in [1.807, 2.05) is 54.6 Å². The number of thiol groups is 1. The molecule has 6 heteroatoms. The second-order valence-electron chi connectivity index (χ2n) is 6.07. The molecule has 27 heavy (non-hydrogen) atoms. The van der Waals surface area contributed by atoms with E-state index in [1.165, 1.54) is 0 Å². The van der Waals surface area contributed by atoms with Gasteiger partial charge in [-0.15, -0.1) is 24.0 Å². The average molecular weight is 392 g/mol. The van der Waals surface area contributed by atoms with Gasteiger partial charge in [0, 0.05) is 40.4 Å². The van der Waals surface area contributed by atoms with Crippen molar-refractivity contribution in [1.29, 1.82) is 0 Å². The van der Waals surface area contributed by atoms with Gasteiger partial charge in [-0.05, 0) is 12.1 Å². The minimum atomic E-state index is -0.131. The predicted octanol–water partition coefficient (Wildman–Crippen LogP) is 4.62. The van der Waals surface area contributed by atoms with E-state index in [0.29, 0.717) is 18.5 Å². The molecule has 0 bridgehead atoms. The minimum absolute atomic E-state index is 0.131. The maximum Gasteiger partial charge on any atom is 0.252 e. The number of pyridine rings is 1. The lowest BCUT2D eigenvalue weighted by Crippen LogP contribution is -2.25. The van der Waals surface area contributed by atoms with E-state index in [0.717, 1.165) is 32.1 Å². The average Bonchev–Trinajstić information content (AvgIpc) is 3.17. The van der Waals surface area contributed by atoms with Crippen LogP contribution in [-0.2, 0) is 6.42 Å². The molecule has 0 saturated heterocycles. The van der Waals surface area contributed by atoms with Gasteiger partial charge in [-0.25, -0.2) is 4.98 Å². The summed E-state index contributed by atoms with van der Waals surface area (Å²) in [4.78, 5) is 22.2. The number of hydrogen-bond acceptors (Lipinski definition) is 5. The van der Waals surface area contributed by atoms with E-state index in [2.05, 4.69) is 33.3 Å². The lowest BCUT2D eigenvalue weighted by Gasteiger charge is -2.06. The molecule has 0 aliphatic rings. The van der Waals surface area contributed by atoms with E-state index in [4.69, 9.17) is 0 Å². The summed E-state index contributed by atoms with van der Waals surface area (Å²) in [5.74, 6) is -0.131. The van der Waals surface area contributed by atoms with Crippen molar-refractivity contribution in [3.63, 3.8) is 0 Å². The van der Waals surface area contributed by atoms with E-state index in [-0.39, 0.29) is 5.91 Å². The highest BCUT2D eigenvalue weighted by Crippen LogP contribution is 2.22. The Balaban J connectivity index is 1.38. The van der Waals surface area contributed by atoms with Crippen LogP contribution >= 0.6 is 24.0 Å². The summed E-state index contributed by atoms with van der Waals surface area (Å²) in [5.41, 5.74) is 3.43. The maximum absolute atomic E-state index is 12.4. The zero-order valence-corrected chi connectivity index (χ0v) is 16.1. The Kier molecular flexibility index (Phi) is 5.18. The first-order valence-electron chi connectivity index (χ1n) is 8.56. The van der Waals surface area contributed by atoms with Gasteiger partial charge >= 0.3 is 0 Å². The van der Waals surface area contributed by atoms with Gasteiger partial charge < -0.3 is 5.32 Å². The van der Waals surface area contributed by atoms with Gasteiger partial charge in [-0.1, -0.05) is 42.5 Å². The van der Waals surface area contributed by atoms with Gasteiger partial charge in [0.25, 0.3) is 5.91 Å². The predicted molar refractivity (Wildman–Crippen MR) is 113 cm³/mol. The number of para-hydroxylation sites is 1. The van der Waals surface area contributed by atoms with Gasteiger partial charge in [0.15, 0.2) is 0 Å². The molecule has 0 atom stereocenters. The van der Waals surface area contributed by atoms with Crippen molar-refractivity contribution in [2.45, 2.75) is 11.3 Å². The highest BCUT2D eigenvalue weighted by molar-refractivity contribution is 7.80. The summed E-state index contributed by atoms with van der Waals surface area (Å²) >= 11 is 6.00. The second kappa shape index (κ2) is 7.90. The quantitative estimate of drug-likeness (QED) is 0.488.